The van der Waals surface area contributed by atoms with Crippen LogP contribution in [0.25, 0.3) is 21.9 Å². The van der Waals surface area contributed by atoms with Crippen molar-refractivity contribution in [1.29, 1.82) is 0 Å². The van der Waals surface area contributed by atoms with Crippen LogP contribution in [0.2, 0.25) is 0 Å². The van der Waals surface area contributed by atoms with Gasteiger partial charge >= 0.3 is 0 Å². The minimum Gasteiger partial charge on any atom is -0.496 e. The fourth-order valence-corrected chi connectivity index (χ4v) is 4.68. The highest BCUT2D eigenvalue weighted by molar-refractivity contribution is 5.95. The molecule has 2 fully saturated rings. The largest absolute Gasteiger partial charge is 0.496 e. The highest BCUT2D eigenvalue weighted by Gasteiger charge is 2.46. The molecule has 9 atom stereocenters. The summed E-state index contributed by atoms with van der Waals surface area (Å²) < 4.78 is 38.8. The third-order valence-corrected chi connectivity index (χ3v) is 6.95. The summed E-state index contributed by atoms with van der Waals surface area (Å²) >= 11 is 0. The molecule has 0 saturated carbocycles. The van der Waals surface area contributed by atoms with Crippen LogP contribution in [0.1, 0.15) is 0 Å². The van der Waals surface area contributed by atoms with E-state index in [4.69, 9.17) is 32.8 Å². The molecule has 0 aliphatic carbocycles. The second-order valence-electron chi connectivity index (χ2n) is 9.48. The summed E-state index contributed by atoms with van der Waals surface area (Å²) in [5, 5.41) is 61.4. The second-order valence-corrected chi connectivity index (χ2v) is 9.48. The van der Waals surface area contributed by atoms with E-state index in [2.05, 4.69) is 0 Å². The van der Waals surface area contributed by atoms with Crippen LogP contribution in [0.15, 0.2) is 39.5 Å². The Labute approximate surface area is 226 Å². The van der Waals surface area contributed by atoms with Crippen molar-refractivity contribution in [3.05, 3.63) is 40.6 Å². The zero-order chi connectivity index (χ0) is 28.7. The molecule has 14 nitrogen and oxygen atoms in total. The van der Waals surface area contributed by atoms with E-state index in [1.807, 2.05) is 0 Å². The Kier molecular flexibility index (Phi) is 8.15. The molecule has 3 heterocycles. The van der Waals surface area contributed by atoms with Gasteiger partial charge in [-0.1, -0.05) is 6.07 Å². The predicted octanol–water partition coefficient (Wildman–Crippen LogP) is -1.39. The van der Waals surface area contributed by atoms with Crippen molar-refractivity contribution in [3.63, 3.8) is 0 Å². The van der Waals surface area contributed by atoms with Crippen molar-refractivity contribution in [2.24, 2.45) is 0 Å². The molecule has 6 N–H and O–H groups in total. The third kappa shape index (κ3) is 5.09. The first-order valence-corrected chi connectivity index (χ1v) is 12.4. The second kappa shape index (κ2) is 11.4. The summed E-state index contributed by atoms with van der Waals surface area (Å²) in [7, 11) is 2.83. The lowest BCUT2D eigenvalue weighted by Crippen LogP contribution is -2.61. The van der Waals surface area contributed by atoms with Gasteiger partial charge in [0, 0.05) is 12.1 Å². The van der Waals surface area contributed by atoms with E-state index in [1.165, 1.54) is 26.4 Å². The van der Waals surface area contributed by atoms with Crippen LogP contribution in [-0.2, 0) is 14.2 Å². The highest BCUT2D eigenvalue weighted by atomic mass is 16.7. The van der Waals surface area contributed by atoms with Crippen molar-refractivity contribution in [1.82, 2.24) is 0 Å². The molecule has 2 aliphatic heterocycles. The Morgan fingerprint density at radius 2 is 1.62 bits per heavy atom. The minimum absolute atomic E-state index is 0.00274. The van der Waals surface area contributed by atoms with Gasteiger partial charge in [0.05, 0.1) is 32.8 Å². The number of hydrogen-bond donors (Lipinski definition) is 6. The molecule has 2 saturated heterocycles. The van der Waals surface area contributed by atoms with Crippen LogP contribution in [0.5, 0.6) is 17.2 Å². The molecule has 2 aliphatic rings. The maximum absolute atomic E-state index is 13.5. The van der Waals surface area contributed by atoms with E-state index in [9.17, 15) is 35.4 Å². The Morgan fingerprint density at radius 1 is 0.875 bits per heavy atom. The topological polar surface area (TPSA) is 207 Å². The number of fused-ring (bicyclic) bond motifs is 2. The molecule has 1 aromatic heterocycles. The number of hydrogen-bond acceptors (Lipinski definition) is 14. The summed E-state index contributed by atoms with van der Waals surface area (Å²) in [6.45, 7) is -0.781. The smallest absolute Gasteiger partial charge is 0.229 e. The number of benzene rings is 2. The van der Waals surface area contributed by atoms with Crippen LogP contribution >= 0.6 is 0 Å². The first-order chi connectivity index (χ1) is 19.1. The van der Waals surface area contributed by atoms with Gasteiger partial charge in [-0.15, -0.1) is 0 Å². The highest BCUT2D eigenvalue weighted by Crippen LogP contribution is 2.36. The Bertz CT molecular complexity index is 1410. The molecule has 0 radical (unpaired) electrons. The summed E-state index contributed by atoms with van der Waals surface area (Å²) in [5.41, 5.74) is -0.176. The molecule has 0 spiro atoms. The van der Waals surface area contributed by atoms with Gasteiger partial charge in [0.25, 0.3) is 0 Å². The molecule has 3 aromatic rings. The lowest BCUT2D eigenvalue weighted by Gasteiger charge is -2.41. The fourth-order valence-electron chi connectivity index (χ4n) is 4.68. The number of ether oxygens (including phenoxy) is 6. The molecule has 0 amide bonds. The van der Waals surface area contributed by atoms with E-state index >= 15 is 0 Å². The van der Waals surface area contributed by atoms with Crippen molar-refractivity contribution < 1.29 is 63.5 Å². The standard InChI is InChI=1S/C26H30O14/c1-34-10-6-14-17(18(28)11-4-3-5-13(35-2)24(11)38-14)15(7-10)39-26-23(33)21(31)20(30)16(40-26)9-37-25-22(32)19(29)12(27)8-36-25/h3-7,12,16,19-23,25-27,29-33H,8-9H2,1-2H3/t12-,16-,19+,20-,21+,22-,23-,25+,26-/m1/s1. The number of aliphatic hydroxyl groups excluding tert-OH is 6. The molecule has 0 bridgehead atoms. The normalized spacial score (nSPS) is 32.8. The van der Waals surface area contributed by atoms with Gasteiger partial charge in [-0.05, 0) is 12.1 Å². The van der Waals surface area contributed by atoms with Crippen molar-refractivity contribution >= 4 is 21.9 Å². The van der Waals surface area contributed by atoms with Crippen LogP contribution in [-0.4, -0.2) is 113 Å². The molecular formula is C26H30O14. The van der Waals surface area contributed by atoms with Crippen LogP contribution in [0.4, 0.5) is 0 Å². The molecule has 0 unspecified atom stereocenters. The zero-order valence-corrected chi connectivity index (χ0v) is 21.4. The van der Waals surface area contributed by atoms with Gasteiger partial charge in [0.15, 0.2) is 17.6 Å². The molecular weight excluding hydrogens is 536 g/mol. The summed E-state index contributed by atoms with van der Waals surface area (Å²) in [6.07, 6.45) is -13.9. The van der Waals surface area contributed by atoms with Crippen molar-refractivity contribution in [2.45, 2.75) is 55.3 Å². The van der Waals surface area contributed by atoms with Gasteiger partial charge in [-0.3, -0.25) is 4.79 Å². The lowest BCUT2D eigenvalue weighted by molar-refractivity contribution is -0.307. The minimum atomic E-state index is -1.76. The average Bonchev–Trinajstić information content (AvgIpc) is 2.95. The van der Waals surface area contributed by atoms with Crippen LogP contribution in [0, 0.1) is 0 Å². The van der Waals surface area contributed by atoms with Gasteiger partial charge in [-0.25, -0.2) is 0 Å². The molecule has 14 heteroatoms. The SMILES string of the molecule is COc1cc(O[C@@H]2O[C@H](CO[C@@H]3OC[C@@H](O)[C@H](O)[C@H]3O)[C@@H](O)[C@H](O)[C@H]2O)c2c(=O)c3cccc(OC)c3oc2c1. The lowest BCUT2D eigenvalue weighted by atomic mass is 9.99. The van der Waals surface area contributed by atoms with Crippen molar-refractivity contribution in [2.75, 3.05) is 27.4 Å². The number of rotatable bonds is 7. The molecule has 40 heavy (non-hydrogen) atoms. The van der Waals surface area contributed by atoms with E-state index in [1.54, 1.807) is 18.2 Å². The van der Waals surface area contributed by atoms with E-state index in [0.717, 1.165) is 0 Å². The zero-order valence-electron chi connectivity index (χ0n) is 21.4. The first kappa shape index (κ1) is 28.5. The quantitative estimate of drug-likeness (QED) is 0.182. The maximum Gasteiger partial charge on any atom is 0.229 e. The third-order valence-electron chi connectivity index (χ3n) is 6.95. The Balaban J connectivity index is 1.44. The van der Waals surface area contributed by atoms with E-state index in [0.29, 0.717) is 5.75 Å². The predicted molar refractivity (Wildman–Crippen MR) is 134 cm³/mol. The van der Waals surface area contributed by atoms with Crippen LogP contribution < -0.4 is 19.6 Å². The summed E-state index contributed by atoms with van der Waals surface area (Å²) in [4.78, 5) is 13.5. The number of para-hydroxylation sites is 1. The Hall–Kier alpha value is -3.05. The average molecular weight is 567 g/mol. The van der Waals surface area contributed by atoms with Gasteiger partial charge < -0.3 is 63.5 Å². The molecule has 218 valence electrons. The first-order valence-electron chi connectivity index (χ1n) is 12.4. The van der Waals surface area contributed by atoms with Crippen molar-refractivity contribution in [3.8, 4) is 17.2 Å². The summed E-state index contributed by atoms with van der Waals surface area (Å²) in [6, 6.07) is 7.66. The number of methoxy groups -OCH3 is 2. The van der Waals surface area contributed by atoms with Gasteiger partial charge in [0.2, 0.25) is 11.7 Å². The van der Waals surface area contributed by atoms with Gasteiger partial charge in [0.1, 0.15) is 65.2 Å². The monoisotopic (exact) mass is 566 g/mol. The van der Waals surface area contributed by atoms with Gasteiger partial charge in [-0.2, -0.15) is 0 Å². The molecule has 5 rings (SSSR count). The fraction of sp³-hybridized carbons (Fsp3) is 0.500. The van der Waals surface area contributed by atoms with Crippen LogP contribution in [0.3, 0.4) is 0 Å². The van der Waals surface area contributed by atoms with E-state index in [-0.39, 0.29) is 40.0 Å². The molecule has 2 aromatic carbocycles. The van der Waals surface area contributed by atoms with E-state index < -0.39 is 67.3 Å². The Morgan fingerprint density at radius 3 is 2.35 bits per heavy atom. The maximum atomic E-state index is 13.5. The summed E-state index contributed by atoms with van der Waals surface area (Å²) in [5.74, 6) is 0.486. The number of aliphatic hydroxyl groups is 6.